The summed E-state index contributed by atoms with van der Waals surface area (Å²) in [6.07, 6.45) is 10.0. The normalized spacial score (nSPS) is 8.46. The summed E-state index contributed by atoms with van der Waals surface area (Å²) in [6, 6.07) is 0. The van der Waals surface area contributed by atoms with Gasteiger partial charge in [-0.3, -0.25) is 0 Å². The van der Waals surface area contributed by atoms with Gasteiger partial charge in [0.1, 0.15) is 0 Å². The first kappa shape index (κ1) is 22.9. The minimum atomic E-state index is 0. The predicted octanol–water partition coefficient (Wildman–Crippen LogP) is 1.24. The monoisotopic (exact) mass is 223 g/mol. The zero-order valence-corrected chi connectivity index (χ0v) is 8.32. The van der Waals surface area contributed by atoms with Crippen molar-refractivity contribution in [3.8, 4) is 0 Å². The average Bonchev–Trinajstić information content (AvgIpc) is 2.69. The van der Waals surface area contributed by atoms with E-state index in [0.29, 0.717) is 0 Å². The summed E-state index contributed by atoms with van der Waals surface area (Å²) >= 11 is 0. The van der Waals surface area contributed by atoms with Crippen LogP contribution in [0.2, 0.25) is 0 Å². The Morgan fingerprint density at radius 2 is 1.23 bits per heavy atom. The maximum Gasteiger partial charge on any atom is 0.00506 e. The molecule has 0 aromatic heterocycles. The number of aliphatic hydroxyl groups is 1. The van der Waals surface area contributed by atoms with Gasteiger partial charge in [-0.05, 0) is 6.92 Å². The number of allylic oxidation sites excluding steroid dienone is 4. The third kappa shape index (κ3) is 51.7. The van der Waals surface area contributed by atoms with Crippen molar-refractivity contribution in [1.29, 1.82) is 0 Å². The third-order valence-corrected chi connectivity index (χ3v) is 0.556. The van der Waals surface area contributed by atoms with E-state index in [0.717, 1.165) is 0 Å². The fourth-order valence-electron chi connectivity index (χ4n) is 0.321. The summed E-state index contributed by atoms with van der Waals surface area (Å²) in [5.41, 5.74) is 0. The first-order chi connectivity index (χ1) is 5.91. The molecule has 0 heterocycles. The Kier molecular flexibility index (Phi) is 74.1. The quantitative estimate of drug-likeness (QED) is 0.374. The molecule has 0 aliphatic heterocycles. The van der Waals surface area contributed by atoms with Gasteiger partial charge in [0.05, 0.1) is 0 Å². The van der Waals surface area contributed by atoms with Crippen molar-refractivity contribution in [2.24, 2.45) is 0 Å². The van der Waals surface area contributed by atoms with Gasteiger partial charge in [-0.2, -0.15) is 0 Å². The van der Waals surface area contributed by atoms with Crippen molar-refractivity contribution in [3.63, 3.8) is 0 Å². The number of hydrogen-bond donors (Lipinski definition) is 1. The Morgan fingerprint density at radius 3 is 1.31 bits per heavy atom. The summed E-state index contributed by atoms with van der Waals surface area (Å²) < 4.78 is 15.0. The standard InChI is InChI=1S/C5H5.C2H6O.2CO.Fe/c1-2-4-5-3-1;1-2-3;2*1-2;/h1-5H;3H,2H2,1H3;;;. The van der Waals surface area contributed by atoms with Gasteiger partial charge in [-0.25, -0.2) is 0 Å². The smallest absolute Gasteiger partial charge is 0.00506 e. The summed E-state index contributed by atoms with van der Waals surface area (Å²) in [6.45, 7) is 10.9. The average molecular weight is 223 g/mol. The molecule has 0 saturated heterocycles. The van der Waals surface area contributed by atoms with E-state index in [1.807, 2.05) is 30.7 Å². The molecule has 0 spiro atoms. The largest absolute Gasteiger partial charge is 0.0767 e. The number of aliphatic hydroxyl groups excluding tert-OH is 1. The molecule has 1 radical (unpaired) electrons. The predicted molar refractivity (Wildman–Crippen MR) is 43.2 cm³/mol. The molecule has 1 N–H and O–H groups in total. The zero-order valence-electron chi connectivity index (χ0n) is 7.21. The van der Waals surface area contributed by atoms with Gasteiger partial charge in [-0.15, -0.1) is 0 Å². The van der Waals surface area contributed by atoms with Gasteiger partial charge in [-0.1, -0.05) is 24.3 Å². The molecule has 0 atom stereocenters. The van der Waals surface area contributed by atoms with E-state index in [1.165, 1.54) is 0 Å². The molecular formula is C9H11FeO3. The van der Waals surface area contributed by atoms with Crippen LogP contribution in [-0.2, 0) is 26.4 Å². The van der Waals surface area contributed by atoms with Crippen LogP contribution in [-0.4, -0.2) is 11.7 Å². The van der Waals surface area contributed by atoms with Crippen molar-refractivity contribution in [2.45, 2.75) is 6.92 Å². The fourth-order valence-corrected chi connectivity index (χ4v) is 0.321. The van der Waals surface area contributed by atoms with Crippen LogP contribution in [0.15, 0.2) is 24.3 Å². The first-order valence-corrected chi connectivity index (χ1v) is 3.10. The molecule has 0 saturated carbocycles. The van der Waals surface area contributed by atoms with E-state index in [2.05, 4.69) is 13.3 Å². The summed E-state index contributed by atoms with van der Waals surface area (Å²) in [5, 5.41) is 7.57. The molecule has 1 aliphatic rings. The van der Waals surface area contributed by atoms with Crippen LogP contribution in [0, 0.1) is 19.7 Å². The Hall–Kier alpha value is -0.561. The van der Waals surface area contributed by atoms with E-state index >= 15 is 0 Å². The molecule has 0 aromatic carbocycles. The second kappa shape index (κ2) is 42.1. The van der Waals surface area contributed by atoms with Crippen LogP contribution in [0.3, 0.4) is 0 Å². The van der Waals surface area contributed by atoms with Crippen molar-refractivity contribution in [3.05, 3.63) is 44.0 Å². The second-order valence-corrected chi connectivity index (χ2v) is 1.28. The first-order valence-electron chi connectivity index (χ1n) is 3.10. The zero-order chi connectivity index (χ0) is 10.2. The van der Waals surface area contributed by atoms with E-state index < -0.39 is 0 Å². The van der Waals surface area contributed by atoms with Crippen LogP contribution >= 0.6 is 0 Å². The molecule has 0 fully saturated rings. The van der Waals surface area contributed by atoms with Crippen molar-refractivity contribution in [1.82, 2.24) is 0 Å². The van der Waals surface area contributed by atoms with Gasteiger partial charge >= 0.3 is 22.6 Å². The Bertz CT molecular complexity index is 131. The summed E-state index contributed by atoms with van der Waals surface area (Å²) in [4.78, 5) is 0. The topological polar surface area (TPSA) is 60.0 Å². The van der Waals surface area contributed by atoms with Gasteiger partial charge in [0, 0.05) is 30.1 Å². The molecule has 1 rings (SSSR count). The molecule has 0 unspecified atom stereocenters. The van der Waals surface area contributed by atoms with Crippen LogP contribution < -0.4 is 0 Å². The van der Waals surface area contributed by atoms with Crippen LogP contribution in [0.5, 0.6) is 0 Å². The van der Waals surface area contributed by atoms with Crippen molar-refractivity contribution >= 4 is 0 Å². The molecule has 0 aromatic rings. The van der Waals surface area contributed by atoms with Crippen LogP contribution in [0.1, 0.15) is 6.92 Å². The molecule has 13 heavy (non-hydrogen) atoms. The van der Waals surface area contributed by atoms with E-state index in [-0.39, 0.29) is 23.7 Å². The van der Waals surface area contributed by atoms with E-state index in [4.69, 9.17) is 14.4 Å². The van der Waals surface area contributed by atoms with E-state index in [1.54, 1.807) is 6.92 Å². The van der Waals surface area contributed by atoms with Gasteiger partial charge in [0.25, 0.3) is 0 Å². The molecule has 73 valence electrons. The van der Waals surface area contributed by atoms with Gasteiger partial charge in [0.2, 0.25) is 0 Å². The maximum absolute atomic E-state index is 7.57. The van der Waals surface area contributed by atoms with Gasteiger partial charge < -0.3 is 5.11 Å². The Balaban J connectivity index is -0.0000000453. The fraction of sp³-hybridized carbons (Fsp3) is 0.222. The molecule has 4 heteroatoms. The molecule has 3 nitrogen and oxygen atoms in total. The van der Waals surface area contributed by atoms with Crippen molar-refractivity contribution in [2.75, 3.05) is 6.61 Å². The minimum Gasteiger partial charge on any atom is -0.0767 e. The number of hydrogen-bond acceptors (Lipinski definition) is 1. The summed E-state index contributed by atoms with van der Waals surface area (Å²) in [7, 11) is 0. The molecule has 0 bridgehead atoms. The van der Waals surface area contributed by atoms with Crippen LogP contribution in [0.25, 0.3) is 0 Å². The minimum absolute atomic E-state index is 0. The van der Waals surface area contributed by atoms with Crippen molar-refractivity contribution < 1.29 is 31.5 Å². The van der Waals surface area contributed by atoms with Crippen LogP contribution in [0.4, 0.5) is 0 Å². The molecule has 1 aliphatic carbocycles. The van der Waals surface area contributed by atoms with E-state index in [9.17, 15) is 0 Å². The molecule has 0 amide bonds. The van der Waals surface area contributed by atoms with Gasteiger partial charge in [0.15, 0.2) is 0 Å². The maximum atomic E-state index is 7.57. The Labute approximate surface area is 89.4 Å². The molecular weight excluding hydrogens is 212 g/mol. The third-order valence-electron chi connectivity index (χ3n) is 0.556. The summed E-state index contributed by atoms with van der Waals surface area (Å²) in [5.74, 6) is 0. The second-order valence-electron chi connectivity index (χ2n) is 1.28. The Morgan fingerprint density at radius 1 is 1.00 bits per heavy atom. The SMILES string of the molecule is CCO.[C-]#[O+].[C-]#[O+].[CH]1C=CC=C1.[Fe]. The number of rotatable bonds is 0.